The van der Waals surface area contributed by atoms with Gasteiger partial charge in [-0.1, -0.05) is 29.3 Å². The lowest BCUT2D eigenvalue weighted by molar-refractivity contribution is 0.0996. The van der Waals surface area contributed by atoms with Crippen molar-refractivity contribution in [3.8, 4) is 11.3 Å². The summed E-state index contributed by atoms with van der Waals surface area (Å²) in [7, 11) is 0. The van der Waals surface area contributed by atoms with Gasteiger partial charge < -0.3 is 14.2 Å². The molecule has 2 aromatic carbocycles. The number of rotatable bonds is 6. The number of carbonyl (C=O) groups excluding carboxylic acids is 2. The number of ketones is 1. The van der Waals surface area contributed by atoms with Gasteiger partial charge in [0.25, 0.3) is 5.91 Å². The average Bonchev–Trinajstić information content (AvgIpc) is 3.45. The van der Waals surface area contributed by atoms with Gasteiger partial charge in [-0.2, -0.15) is 0 Å². The molecule has 0 aliphatic heterocycles. The average molecular weight is 452 g/mol. The first-order valence-corrected chi connectivity index (χ1v) is 9.98. The maximum Gasteiger partial charge on any atom is 0.291 e. The summed E-state index contributed by atoms with van der Waals surface area (Å²) in [6.45, 7) is 0. The third kappa shape index (κ3) is 4.79. The highest BCUT2D eigenvalue weighted by atomic mass is 35.5. The molecule has 1 N–H and O–H groups in total. The Morgan fingerprint density at radius 2 is 1.61 bits per heavy atom. The van der Waals surface area contributed by atoms with E-state index in [9.17, 15) is 9.59 Å². The van der Waals surface area contributed by atoms with Crippen molar-refractivity contribution in [2.75, 3.05) is 5.32 Å². The second-order valence-electron chi connectivity index (χ2n) is 6.51. The van der Waals surface area contributed by atoms with E-state index in [1.54, 1.807) is 72.8 Å². The van der Waals surface area contributed by atoms with Crippen LogP contribution < -0.4 is 5.32 Å². The third-order valence-corrected chi connectivity index (χ3v) is 5.04. The van der Waals surface area contributed by atoms with Crippen LogP contribution in [0.2, 0.25) is 10.0 Å². The Hall–Kier alpha value is -3.54. The largest absolute Gasteiger partial charge is 0.459 e. The smallest absolute Gasteiger partial charge is 0.291 e. The lowest BCUT2D eigenvalue weighted by atomic mass is 10.1. The molecule has 2 aromatic heterocycles. The lowest BCUT2D eigenvalue weighted by Gasteiger charge is -2.04. The number of furan rings is 2. The van der Waals surface area contributed by atoms with Gasteiger partial charge in [-0.25, -0.2) is 0 Å². The summed E-state index contributed by atoms with van der Waals surface area (Å²) < 4.78 is 10.8. The van der Waals surface area contributed by atoms with Crippen LogP contribution >= 0.6 is 23.2 Å². The molecule has 7 heteroatoms. The molecule has 5 nitrogen and oxygen atoms in total. The van der Waals surface area contributed by atoms with Gasteiger partial charge in [0.05, 0.1) is 21.9 Å². The second-order valence-corrected chi connectivity index (χ2v) is 7.32. The van der Waals surface area contributed by atoms with Crippen LogP contribution in [0.5, 0.6) is 0 Å². The molecule has 0 unspecified atom stereocenters. The molecule has 0 radical (unpaired) electrons. The monoisotopic (exact) mass is 451 g/mol. The highest BCUT2D eigenvalue weighted by Gasteiger charge is 2.12. The van der Waals surface area contributed by atoms with E-state index < -0.39 is 0 Å². The fourth-order valence-corrected chi connectivity index (χ4v) is 3.47. The topological polar surface area (TPSA) is 72.5 Å². The van der Waals surface area contributed by atoms with Crippen molar-refractivity contribution in [3.63, 3.8) is 0 Å². The number of amides is 1. The first kappa shape index (κ1) is 20.7. The van der Waals surface area contributed by atoms with Gasteiger partial charge in [0.1, 0.15) is 11.5 Å². The van der Waals surface area contributed by atoms with Gasteiger partial charge >= 0.3 is 0 Å². The highest BCUT2D eigenvalue weighted by molar-refractivity contribution is 6.39. The van der Waals surface area contributed by atoms with Crippen LogP contribution in [0, 0.1) is 0 Å². The molecule has 0 aliphatic rings. The first-order valence-electron chi connectivity index (χ1n) is 9.23. The highest BCUT2D eigenvalue weighted by Crippen LogP contribution is 2.35. The number of allylic oxidation sites excluding steroid dienone is 1. The lowest BCUT2D eigenvalue weighted by Crippen LogP contribution is -2.10. The van der Waals surface area contributed by atoms with Crippen molar-refractivity contribution in [2.24, 2.45) is 0 Å². The van der Waals surface area contributed by atoms with Crippen molar-refractivity contribution in [2.45, 2.75) is 0 Å². The molecule has 4 rings (SSSR count). The van der Waals surface area contributed by atoms with E-state index in [1.165, 1.54) is 12.3 Å². The maximum atomic E-state index is 12.5. The zero-order valence-electron chi connectivity index (χ0n) is 16.0. The summed E-state index contributed by atoms with van der Waals surface area (Å²) in [5, 5.41) is 3.66. The third-order valence-electron chi connectivity index (χ3n) is 4.41. The van der Waals surface area contributed by atoms with Crippen LogP contribution in [-0.4, -0.2) is 11.7 Å². The number of benzene rings is 2. The summed E-state index contributed by atoms with van der Waals surface area (Å²) in [6.07, 6.45) is 4.41. The Bertz CT molecular complexity index is 1230. The molecule has 0 fully saturated rings. The van der Waals surface area contributed by atoms with E-state index in [2.05, 4.69) is 5.32 Å². The van der Waals surface area contributed by atoms with Crippen molar-refractivity contribution in [1.82, 2.24) is 0 Å². The number of nitrogens with one attached hydrogen (secondary N) is 1. The molecule has 0 saturated heterocycles. The number of hydrogen-bond donors (Lipinski definition) is 1. The predicted molar refractivity (Wildman–Crippen MR) is 121 cm³/mol. The number of anilines is 1. The van der Waals surface area contributed by atoms with Gasteiger partial charge in [0, 0.05) is 11.3 Å². The fourth-order valence-electron chi connectivity index (χ4n) is 2.88. The molecule has 0 atom stereocenters. The van der Waals surface area contributed by atoms with Crippen LogP contribution in [0.1, 0.15) is 26.7 Å². The molecule has 154 valence electrons. The van der Waals surface area contributed by atoms with Crippen LogP contribution in [0.15, 0.2) is 87.9 Å². The molecule has 0 spiro atoms. The second kappa shape index (κ2) is 9.08. The van der Waals surface area contributed by atoms with E-state index in [0.717, 1.165) is 0 Å². The van der Waals surface area contributed by atoms with Crippen LogP contribution in [0.25, 0.3) is 17.4 Å². The Morgan fingerprint density at radius 1 is 0.871 bits per heavy atom. The minimum Gasteiger partial charge on any atom is -0.459 e. The molecular formula is C24H15Cl2NO4. The zero-order valence-corrected chi connectivity index (χ0v) is 17.5. The van der Waals surface area contributed by atoms with Gasteiger partial charge in [-0.15, -0.1) is 0 Å². The molecule has 0 aliphatic carbocycles. The van der Waals surface area contributed by atoms with Crippen molar-refractivity contribution < 1.29 is 18.4 Å². The molecule has 1 amide bonds. The van der Waals surface area contributed by atoms with Crippen molar-refractivity contribution >= 4 is 46.7 Å². The van der Waals surface area contributed by atoms with Gasteiger partial charge in [0.15, 0.2) is 11.5 Å². The Balaban J connectivity index is 1.43. The molecule has 4 aromatic rings. The van der Waals surface area contributed by atoms with E-state index in [4.69, 9.17) is 32.0 Å². The molecule has 0 saturated carbocycles. The normalized spacial score (nSPS) is 11.0. The fraction of sp³-hybridized carbons (Fsp3) is 0. The predicted octanol–water partition coefficient (Wildman–Crippen LogP) is 6.99. The van der Waals surface area contributed by atoms with Crippen molar-refractivity contribution in [1.29, 1.82) is 0 Å². The van der Waals surface area contributed by atoms with E-state index in [0.29, 0.717) is 38.4 Å². The number of halogens is 2. The molecular weight excluding hydrogens is 437 g/mol. The summed E-state index contributed by atoms with van der Waals surface area (Å²) in [5.41, 5.74) is 1.62. The zero-order chi connectivity index (χ0) is 21.8. The minimum atomic E-state index is -0.365. The summed E-state index contributed by atoms with van der Waals surface area (Å²) in [4.78, 5) is 24.4. The van der Waals surface area contributed by atoms with E-state index >= 15 is 0 Å². The summed E-state index contributed by atoms with van der Waals surface area (Å²) >= 11 is 12.4. The van der Waals surface area contributed by atoms with E-state index in [-0.39, 0.29) is 17.5 Å². The van der Waals surface area contributed by atoms with Gasteiger partial charge in [-0.3, -0.25) is 9.59 Å². The number of hydrogen-bond acceptors (Lipinski definition) is 4. The quantitative estimate of drug-likeness (QED) is 0.253. The molecule has 2 heterocycles. The maximum absolute atomic E-state index is 12.5. The SMILES string of the molecule is O=C(/C=C/c1ccc(-c2c(Cl)cccc2Cl)o1)c1ccc(NC(=O)c2ccco2)cc1. The minimum absolute atomic E-state index is 0.207. The Morgan fingerprint density at radius 3 is 2.29 bits per heavy atom. The molecule has 31 heavy (non-hydrogen) atoms. The summed E-state index contributed by atoms with van der Waals surface area (Å²) in [5.74, 6) is 0.633. The molecule has 0 bridgehead atoms. The van der Waals surface area contributed by atoms with Crippen LogP contribution in [0.4, 0.5) is 5.69 Å². The Labute approximate surface area is 187 Å². The van der Waals surface area contributed by atoms with Crippen molar-refractivity contribution in [3.05, 3.63) is 106 Å². The first-order chi connectivity index (χ1) is 15.0. The Kier molecular flexibility index (Phi) is 6.07. The summed E-state index contributed by atoms with van der Waals surface area (Å²) in [6, 6.07) is 18.4. The van der Waals surface area contributed by atoms with Crippen LogP contribution in [0.3, 0.4) is 0 Å². The van der Waals surface area contributed by atoms with Crippen LogP contribution in [-0.2, 0) is 0 Å². The van der Waals surface area contributed by atoms with E-state index in [1.807, 2.05) is 0 Å². The van der Waals surface area contributed by atoms with Gasteiger partial charge in [0.2, 0.25) is 0 Å². The number of carbonyl (C=O) groups is 2. The van der Waals surface area contributed by atoms with Gasteiger partial charge in [-0.05, 0) is 72.8 Å². The standard InChI is InChI=1S/C24H15Cl2NO4/c25-18-3-1-4-19(26)23(18)21-13-11-17(31-21)10-12-20(28)15-6-8-16(9-7-15)27-24(29)22-5-2-14-30-22/h1-14H,(H,27,29)/b12-10+.